The van der Waals surface area contributed by atoms with Crippen molar-refractivity contribution in [3.63, 3.8) is 0 Å². The van der Waals surface area contributed by atoms with Crippen LogP contribution < -0.4 is 4.74 Å². The molecule has 0 bridgehead atoms. The van der Waals surface area contributed by atoms with Gasteiger partial charge in [0.25, 0.3) is 0 Å². The number of carbonyl (C=O) groups is 1. The molecule has 0 unspecified atom stereocenters. The average Bonchev–Trinajstić information content (AvgIpc) is 2.83. The van der Waals surface area contributed by atoms with Gasteiger partial charge >= 0.3 is 0 Å². The lowest BCUT2D eigenvalue weighted by Crippen LogP contribution is -2.04. The van der Waals surface area contributed by atoms with E-state index in [1.165, 1.54) is 11.3 Å². The lowest BCUT2D eigenvalue weighted by Gasteiger charge is -2.07. The molecule has 0 aliphatic heterocycles. The Morgan fingerprint density at radius 3 is 2.81 bits per heavy atom. The van der Waals surface area contributed by atoms with Crippen molar-refractivity contribution < 1.29 is 9.53 Å². The standard InChI is InChI=1S/C13H12O2S/c1-2-15-12-6-4-3-5-11(12)13(14)10-7-8-16-9-10/h3-9H,2H2,1H3. The Balaban J connectivity index is 2.36. The second-order valence-electron chi connectivity index (χ2n) is 3.27. The number of hydrogen-bond acceptors (Lipinski definition) is 3. The first-order valence-electron chi connectivity index (χ1n) is 5.11. The molecule has 0 aliphatic carbocycles. The van der Waals surface area contributed by atoms with Crippen molar-refractivity contribution in [1.29, 1.82) is 0 Å². The van der Waals surface area contributed by atoms with Crippen LogP contribution in [-0.2, 0) is 0 Å². The molecular formula is C13H12O2S. The number of ketones is 1. The summed E-state index contributed by atoms with van der Waals surface area (Å²) in [4.78, 5) is 12.1. The maximum absolute atomic E-state index is 12.1. The number of benzene rings is 1. The molecule has 1 heterocycles. The summed E-state index contributed by atoms with van der Waals surface area (Å²) in [6.07, 6.45) is 0. The molecule has 0 spiro atoms. The highest BCUT2D eigenvalue weighted by Gasteiger charge is 2.13. The summed E-state index contributed by atoms with van der Waals surface area (Å²) in [6, 6.07) is 9.17. The topological polar surface area (TPSA) is 26.3 Å². The summed E-state index contributed by atoms with van der Waals surface area (Å²) in [7, 11) is 0. The fourth-order valence-corrected chi connectivity index (χ4v) is 2.12. The van der Waals surface area contributed by atoms with Crippen LogP contribution in [0.5, 0.6) is 5.75 Å². The third kappa shape index (κ3) is 2.14. The van der Waals surface area contributed by atoms with Gasteiger partial charge in [-0.3, -0.25) is 4.79 Å². The zero-order valence-electron chi connectivity index (χ0n) is 8.97. The monoisotopic (exact) mass is 232 g/mol. The molecule has 82 valence electrons. The van der Waals surface area contributed by atoms with Crippen LogP contribution in [0, 0.1) is 0 Å². The molecule has 0 saturated heterocycles. The van der Waals surface area contributed by atoms with E-state index in [0.29, 0.717) is 17.9 Å². The second-order valence-corrected chi connectivity index (χ2v) is 4.05. The molecule has 3 heteroatoms. The van der Waals surface area contributed by atoms with Crippen LogP contribution in [0.4, 0.5) is 0 Å². The van der Waals surface area contributed by atoms with Gasteiger partial charge in [-0.1, -0.05) is 12.1 Å². The highest BCUT2D eigenvalue weighted by Crippen LogP contribution is 2.22. The van der Waals surface area contributed by atoms with Crippen LogP contribution in [-0.4, -0.2) is 12.4 Å². The highest BCUT2D eigenvalue weighted by atomic mass is 32.1. The summed E-state index contributed by atoms with van der Waals surface area (Å²) in [5.74, 6) is 0.673. The van der Waals surface area contributed by atoms with Gasteiger partial charge in [0.1, 0.15) is 5.75 Å². The summed E-state index contributed by atoms with van der Waals surface area (Å²) in [5, 5.41) is 3.75. The number of carbonyl (C=O) groups excluding carboxylic acids is 1. The van der Waals surface area contributed by atoms with Gasteiger partial charge in [0.15, 0.2) is 5.78 Å². The molecule has 0 amide bonds. The first kappa shape index (κ1) is 10.9. The molecule has 0 N–H and O–H groups in total. The molecule has 2 rings (SSSR count). The third-order valence-electron chi connectivity index (χ3n) is 2.21. The molecule has 1 aromatic carbocycles. The van der Waals surface area contributed by atoms with Gasteiger partial charge < -0.3 is 4.74 Å². The van der Waals surface area contributed by atoms with Crippen LogP contribution in [0.25, 0.3) is 0 Å². The van der Waals surface area contributed by atoms with Crippen LogP contribution in [0.3, 0.4) is 0 Å². The normalized spacial score (nSPS) is 10.1. The minimum absolute atomic E-state index is 0.0188. The molecule has 0 aliphatic rings. The van der Waals surface area contributed by atoms with Crippen molar-refractivity contribution in [1.82, 2.24) is 0 Å². The number of ether oxygens (including phenoxy) is 1. The highest BCUT2D eigenvalue weighted by molar-refractivity contribution is 7.08. The average molecular weight is 232 g/mol. The Hall–Kier alpha value is -1.61. The Labute approximate surface area is 98.5 Å². The van der Waals surface area contributed by atoms with E-state index in [1.807, 2.05) is 41.9 Å². The van der Waals surface area contributed by atoms with Gasteiger partial charge in [-0.15, -0.1) is 0 Å². The van der Waals surface area contributed by atoms with E-state index >= 15 is 0 Å². The van der Waals surface area contributed by atoms with E-state index in [9.17, 15) is 4.79 Å². The second kappa shape index (κ2) is 4.94. The third-order valence-corrected chi connectivity index (χ3v) is 2.90. The van der Waals surface area contributed by atoms with Gasteiger partial charge in [-0.2, -0.15) is 11.3 Å². The zero-order valence-corrected chi connectivity index (χ0v) is 9.79. The summed E-state index contributed by atoms with van der Waals surface area (Å²) in [5.41, 5.74) is 1.35. The largest absolute Gasteiger partial charge is 0.493 e. The maximum atomic E-state index is 12.1. The van der Waals surface area contributed by atoms with Gasteiger partial charge in [0.05, 0.1) is 12.2 Å². The van der Waals surface area contributed by atoms with Crippen molar-refractivity contribution in [2.24, 2.45) is 0 Å². The van der Waals surface area contributed by atoms with Crippen molar-refractivity contribution in [3.8, 4) is 5.75 Å². The van der Waals surface area contributed by atoms with Gasteiger partial charge in [-0.05, 0) is 30.5 Å². The number of para-hydroxylation sites is 1. The lowest BCUT2D eigenvalue weighted by atomic mass is 10.1. The van der Waals surface area contributed by atoms with E-state index in [-0.39, 0.29) is 5.78 Å². The first-order chi connectivity index (χ1) is 7.83. The molecule has 16 heavy (non-hydrogen) atoms. The van der Waals surface area contributed by atoms with Gasteiger partial charge in [-0.25, -0.2) is 0 Å². The smallest absolute Gasteiger partial charge is 0.197 e. The zero-order chi connectivity index (χ0) is 11.4. The van der Waals surface area contributed by atoms with Gasteiger partial charge in [0, 0.05) is 10.9 Å². The minimum atomic E-state index is 0.0188. The maximum Gasteiger partial charge on any atom is 0.197 e. The van der Waals surface area contributed by atoms with Crippen molar-refractivity contribution in [3.05, 3.63) is 52.2 Å². The van der Waals surface area contributed by atoms with Crippen LogP contribution in [0.1, 0.15) is 22.8 Å². The molecule has 1 aromatic heterocycles. The SMILES string of the molecule is CCOc1ccccc1C(=O)c1ccsc1. The van der Waals surface area contributed by atoms with E-state index in [1.54, 1.807) is 6.07 Å². The van der Waals surface area contributed by atoms with E-state index < -0.39 is 0 Å². The summed E-state index contributed by atoms with van der Waals surface area (Å²) < 4.78 is 5.44. The number of thiophene rings is 1. The molecule has 2 aromatic rings. The van der Waals surface area contributed by atoms with Crippen LogP contribution in [0.15, 0.2) is 41.1 Å². The Morgan fingerprint density at radius 1 is 1.31 bits per heavy atom. The first-order valence-corrected chi connectivity index (χ1v) is 6.06. The van der Waals surface area contributed by atoms with Crippen LogP contribution >= 0.6 is 11.3 Å². The molecule has 0 atom stereocenters. The Bertz CT molecular complexity index is 474. The summed E-state index contributed by atoms with van der Waals surface area (Å²) >= 11 is 1.52. The molecular weight excluding hydrogens is 220 g/mol. The van der Waals surface area contributed by atoms with Crippen LogP contribution in [0.2, 0.25) is 0 Å². The minimum Gasteiger partial charge on any atom is -0.493 e. The molecule has 0 saturated carbocycles. The Kier molecular flexibility index (Phi) is 3.37. The molecule has 0 radical (unpaired) electrons. The lowest BCUT2D eigenvalue weighted by molar-refractivity contribution is 0.103. The van der Waals surface area contributed by atoms with Crippen molar-refractivity contribution >= 4 is 17.1 Å². The van der Waals surface area contributed by atoms with Crippen molar-refractivity contribution in [2.45, 2.75) is 6.92 Å². The number of rotatable bonds is 4. The quantitative estimate of drug-likeness (QED) is 0.755. The fourth-order valence-electron chi connectivity index (χ4n) is 1.48. The van der Waals surface area contributed by atoms with Gasteiger partial charge in [0.2, 0.25) is 0 Å². The predicted molar refractivity (Wildman–Crippen MR) is 65.4 cm³/mol. The Morgan fingerprint density at radius 2 is 2.12 bits per heavy atom. The molecule has 2 nitrogen and oxygen atoms in total. The predicted octanol–water partition coefficient (Wildman–Crippen LogP) is 3.38. The van der Waals surface area contributed by atoms with E-state index in [2.05, 4.69) is 0 Å². The number of hydrogen-bond donors (Lipinski definition) is 0. The molecule has 0 fully saturated rings. The summed E-state index contributed by atoms with van der Waals surface area (Å²) in [6.45, 7) is 2.47. The van der Waals surface area contributed by atoms with Crippen molar-refractivity contribution in [2.75, 3.05) is 6.61 Å². The fraction of sp³-hybridized carbons (Fsp3) is 0.154. The van der Waals surface area contributed by atoms with E-state index in [4.69, 9.17) is 4.74 Å². The van der Waals surface area contributed by atoms with E-state index in [0.717, 1.165) is 5.56 Å².